The monoisotopic (exact) mass is 272 g/mol. The number of hydrogen-bond acceptors (Lipinski definition) is 4. The highest BCUT2D eigenvalue weighted by molar-refractivity contribution is 6.06. The van der Waals surface area contributed by atoms with Gasteiger partial charge in [0.05, 0.1) is 5.56 Å². The van der Waals surface area contributed by atoms with Crippen molar-refractivity contribution >= 4 is 11.6 Å². The fourth-order valence-corrected chi connectivity index (χ4v) is 1.82. The van der Waals surface area contributed by atoms with Crippen molar-refractivity contribution in [3.63, 3.8) is 0 Å². The van der Waals surface area contributed by atoms with Gasteiger partial charge >= 0.3 is 0 Å². The summed E-state index contributed by atoms with van der Waals surface area (Å²) in [7, 11) is 1.86. The van der Waals surface area contributed by atoms with E-state index in [0.29, 0.717) is 5.69 Å². The van der Waals surface area contributed by atoms with Gasteiger partial charge in [0.2, 0.25) is 0 Å². The van der Waals surface area contributed by atoms with E-state index in [2.05, 4.69) is 10.6 Å². The normalized spacial score (nSPS) is 10.2. The predicted molar refractivity (Wildman–Crippen MR) is 76.9 cm³/mol. The molecule has 0 heterocycles. The third-order valence-corrected chi connectivity index (χ3v) is 2.85. The number of carbonyl (C=O) groups excluding carboxylic acids is 1. The van der Waals surface area contributed by atoms with Crippen molar-refractivity contribution in [1.82, 2.24) is 5.32 Å². The van der Waals surface area contributed by atoms with Crippen LogP contribution in [0.5, 0.6) is 11.5 Å². The molecule has 4 N–H and O–H groups in total. The molecule has 0 saturated heterocycles. The Morgan fingerprint density at radius 1 is 1.10 bits per heavy atom. The Morgan fingerprint density at radius 3 is 2.45 bits per heavy atom. The van der Waals surface area contributed by atoms with Gasteiger partial charge in [0, 0.05) is 12.2 Å². The Labute approximate surface area is 116 Å². The fraction of sp³-hybridized carbons (Fsp3) is 0.133. The van der Waals surface area contributed by atoms with Crippen molar-refractivity contribution in [2.75, 3.05) is 12.4 Å². The van der Waals surface area contributed by atoms with Gasteiger partial charge in [-0.25, -0.2) is 0 Å². The molecule has 0 atom stereocenters. The lowest BCUT2D eigenvalue weighted by Gasteiger charge is -2.08. The molecule has 0 unspecified atom stereocenters. The number of benzene rings is 2. The minimum atomic E-state index is -0.472. The maximum atomic E-state index is 12.0. The van der Waals surface area contributed by atoms with Gasteiger partial charge < -0.3 is 20.8 Å². The second-order valence-electron chi connectivity index (χ2n) is 4.35. The zero-order valence-corrected chi connectivity index (χ0v) is 11.1. The highest BCUT2D eigenvalue weighted by Crippen LogP contribution is 2.28. The molecule has 104 valence electrons. The van der Waals surface area contributed by atoms with Crippen molar-refractivity contribution in [3.05, 3.63) is 53.6 Å². The zero-order valence-electron chi connectivity index (χ0n) is 11.1. The fourth-order valence-electron chi connectivity index (χ4n) is 1.82. The van der Waals surface area contributed by atoms with Gasteiger partial charge in [0.15, 0.2) is 11.5 Å². The van der Waals surface area contributed by atoms with E-state index in [1.165, 1.54) is 18.2 Å². The zero-order chi connectivity index (χ0) is 14.5. The number of hydrogen-bond donors (Lipinski definition) is 4. The van der Waals surface area contributed by atoms with Crippen LogP contribution in [0.15, 0.2) is 42.5 Å². The van der Waals surface area contributed by atoms with Crippen LogP contribution >= 0.6 is 0 Å². The van der Waals surface area contributed by atoms with Crippen LogP contribution in [-0.4, -0.2) is 23.2 Å². The molecule has 0 radical (unpaired) electrons. The molecule has 2 aromatic rings. The molecule has 5 heteroatoms. The van der Waals surface area contributed by atoms with E-state index in [4.69, 9.17) is 0 Å². The van der Waals surface area contributed by atoms with E-state index in [1.807, 2.05) is 19.2 Å². The van der Waals surface area contributed by atoms with Crippen LogP contribution in [0.25, 0.3) is 0 Å². The van der Waals surface area contributed by atoms with Crippen molar-refractivity contribution in [3.8, 4) is 11.5 Å². The molecule has 20 heavy (non-hydrogen) atoms. The number of aromatic hydroxyl groups is 2. The first-order valence-corrected chi connectivity index (χ1v) is 6.17. The number of rotatable bonds is 4. The van der Waals surface area contributed by atoms with Crippen LogP contribution in [0.1, 0.15) is 15.9 Å². The van der Waals surface area contributed by atoms with Gasteiger partial charge in [-0.05, 0) is 36.9 Å². The second-order valence-corrected chi connectivity index (χ2v) is 4.35. The summed E-state index contributed by atoms with van der Waals surface area (Å²) in [4.78, 5) is 12.0. The van der Waals surface area contributed by atoms with Crippen molar-refractivity contribution in [2.24, 2.45) is 0 Å². The van der Waals surface area contributed by atoms with Gasteiger partial charge in [0.1, 0.15) is 0 Å². The number of carbonyl (C=O) groups is 1. The van der Waals surface area contributed by atoms with Crippen molar-refractivity contribution < 1.29 is 15.0 Å². The lowest BCUT2D eigenvalue weighted by molar-refractivity contribution is 0.102. The number of amides is 1. The van der Waals surface area contributed by atoms with E-state index < -0.39 is 11.7 Å². The molecule has 0 aromatic heterocycles. The molecule has 0 aliphatic rings. The first-order chi connectivity index (χ1) is 9.61. The predicted octanol–water partition coefficient (Wildman–Crippen LogP) is 2.07. The maximum absolute atomic E-state index is 12.0. The summed E-state index contributed by atoms with van der Waals surface area (Å²) in [6, 6.07) is 11.6. The summed E-state index contributed by atoms with van der Waals surface area (Å²) >= 11 is 0. The Balaban J connectivity index is 2.13. The van der Waals surface area contributed by atoms with Crippen LogP contribution in [0.3, 0.4) is 0 Å². The van der Waals surface area contributed by atoms with Gasteiger partial charge in [0.25, 0.3) is 5.91 Å². The van der Waals surface area contributed by atoms with Crippen LogP contribution < -0.4 is 10.6 Å². The molecule has 1 amide bonds. The number of anilines is 1. The molecule has 0 spiro atoms. The first-order valence-electron chi connectivity index (χ1n) is 6.17. The quantitative estimate of drug-likeness (QED) is 0.642. The van der Waals surface area contributed by atoms with Crippen molar-refractivity contribution in [1.29, 1.82) is 0 Å². The van der Waals surface area contributed by atoms with Gasteiger partial charge in [-0.2, -0.15) is 0 Å². The summed E-state index contributed by atoms with van der Waals surface area (Å²) in [6.07, 6.45) is 0. The Morgan fingerprint density at radius 2 is 1.80 bits per heavy atom. The number of phenols is 2. The van der Waals surface area contributed by atoms with E-state index in [9.17, 15) is 15.0 Å². The molecule has 2 aromatic carbocycles. The molecule has 0 bridgehead atoms. The topological polar surface area (TPSA) is 81.6 Å². The third kappa shape index (κ3) is 3.07. The molecular formula is C15H16N2O3. The summed E-state index contributed by atoms with van der Waals surface area (Å²) in [5, 5.41) is 24.7. The molecule has 2 rings (SSSR count). The molecule has 0 aliphatic carbocycles. The van der Waals surface area contributed by atoms with Crippen LogP contribution in [0.2, 0.25) is 0 Å². The number of nitrogens with one attached hydrogen (secondary N) is 2. The molecule has 5 nitrogen and oxygen atoms in total. The van der Waals surface area contributed by atoms with Crippen LogP contribution in [-0.2, 0) is 6.54 Å². The minimum absolute atomic E-state index is 0.0318. The lowest BCUT2D eigenvalue weighted by atomic mass is 10.1. The van der Waals surface area contributed by atoms with E-state index in [1.54, 1.807) is 12.1 Å². The average Bonchev–Trinajstić information content (AvgIpc) is 2.44. The molecular weight excluding hydrogens is 256 g/mol. The number of para-hydroxylation sites is 1. The third-order valence-electron chi connectivity index (χ3n) is 2.85. The lowest BCUT2D eigenvalue weighted by Crippen LogP contribution is -2.12. The van der Waals surface area contributed by atoms with Crippen LogP contribution in [0.4, 0.5) is 5.69 Å². The Kier molecular flexibility index (Phi) is 4.22. The van der Waals surface area contributed by atoms with Gasteiger partial charge in [-0.15, -0.1) is 0 Å². The molecule has 0 aliphatic heterocycles. The first kappa shape index (κ1) is 13.9. The smallest absolute Gasteiger partial charge is 0.259 e. The van der Waals surface area contributed by atoms with Crippen molar-refractivity contribution in [2.45, 2.75) is 6.54 Å². The Bertz CT molecular complexity index is 609. The van der Waals surface area contributed by atoms with E-state index >= 15 is 0 Å². The second kappa shape index (κ2) is 6.08. The summed E-state index contributed by atoms with van der Waals surface area (Å²) in [6.45, 7) is 0.752. The van der Waals surface area contributed by atoms with Gasteiger partial charge in [-0.3, -0.25) is 4.79 Å². The highest BCUT2D eigenvalue weighted by Gasteiger charge is 2.13. The maximum Gasteiger partial charge on any atom is 0.259 e. The number of phenolic OH excluding ortho intramolecular Hbond substituents is 2. The summed E-state index contributed by atoms with van der Waals surface area (Å²) in [5.74, 6) is -1.21. The molecule has 0 saturated carbocycles. The molecule has 0 fully saturated rings. The van der Waals surface area contributed by atoms with Gasteiger partial charge in [-0.1, -0.05) is 18.2 Å². The highest BCUT2D eigenvalue weighted by atomic mass is 16.3. The largest absolute Gasteiger partial charge is 0.504 e. The van der Waals surface area contributed by atoms with E-state index in [-0.39, 0.29) is 11.3 Å². The minimum Gasteiger partial charge on any atom is -0.504 e. The Hall–Kier alpha value is -2.53. The summed E-state index contributed by atoms with van der Waals surface area (Å²) in [5.41, 5.74) is 1.76. The average molecular weight is 272 g/mol. The SMILES string of the molecule is CNCc1ccc(NC(=O)c2cccc(O)c2O)cc1. The van der Waals surface area contributed by atoms with Crippen LogP contribution in [0, 0.1) is 0 Å². The summed E-state index contributed by atoms with van der Waals surface area (Å²) < 4.78 is 0. The standard InChI is InChI=1S/C15H16N2O3/c1-16-9-10-5-7-11(8-6-10)17-15(20)12-3-2-4-13(18)14(12)19/h2-8,16,18-19H,9H2,1H3,(H,17,20). The van der Waals surface area contributed by atoms with E-state index in [0.717, 1.165) is 12.1 Å².